The zero-order valence-electron chi connectivity index (χ0n) is 13.5. The fraction of sp³-hybridized carbons (Fsp3) is 0.278. The maximum Gasteiger partial charge on any atom is 0.319 e. The number of urea groups is 1. The van der Waals surface area contributed by atoms with E-state index in [2.05, 4.69) is 22.8 Å². The quantitative estimate of drug-likeness (QED) is 0.897. The summed E-state index contributed by atoms with van der Waals surface area (Å²) in [6, 6.07) is 14.0. The van der Waals surface area contributed by atoms with Crippen LogP contribution in [0.1, 0.15) is 30.0 Å². The number of carbonyl (C=O) groups is 1. The van der Waals surface area contributed by atoms with E-state index in [0.29, 0.717) is 5.69 Å². The van der Waals surface area contributed by atoms with Gasteiger partial charge < -0.3 is 10.6 Å². The average molecular weight is 344 g/mol. The molecule has 6 heteroatoms. The molecule has 0 aromatic heterocycles. The molecule has 0 saturated carbocycles. The Morgan fingerprint density at radius 2 is 1.79 bits per heavy atom. The first kappa shape index (κ1) is 16.5. The second-order valence-corrected chi connectivity index (χ2v) is 8.05. The molecule has 0 saturated heterocycles. The molecule has 0 bridgehead atoms. The minimum Gasteiger partial charge on any atom is -0.331 e. The Morgan fingerprint density at radius 3 is 2.50 bits per heavy atom. The monoisotopic (exact) mass is 344 g/mol. The van der Waals surface area contributed by atoms with Gasteiger partial charge in [-0.3, -0.25) is 0 Å². The minimum absolute atomic E-state index is 0.00485. The lowest BCUT2D eigenvalue weighted by Crippen LogP contribution is -2.34. The highest BCUT2D eigenvalue weighted by Gasteiger charge is 2.21. The maximum absolute atomic E-state index is 12.2. The van der Waals surface area contributed by atoms with Gasteiger partial charge in [-0.2, -0.15) is 0 Å². The van der Waals surface area contributed by atoms with Crippen LogP contribution < -0.4 is 10.6 Å². The molecule has 0 aliphatic heterocycles. The molecule has 2 aromatic carbocycles. The fourth-order valence-corrected chi connectivity index (χ4v) is 3.65. The van der Waals surface area contributed by atoms with Crippen molar-refractivity contribution in [3.05, 3.63) is 59.7 Å². The number of sulfone groups is 1. The molecule has 24 heavy (non-hydrogen) atoms. The molecule has 5 nitrogen and oxygen atoms in total. The summed E-state index contributed by atoms with van der Waals surface area (Å²) in [5.74, 6) is 0. The Labute approximate surface area is 142 Å². The van der Waals surface area contributed by atoms with Crippen molar-refractivity contribution in [2.24, 2.45) is 0 Å². The number of aryl methyl sites for hydroxylation is 1. The minimum atomic E-state index is -3.23. The average Bonchev–Trinajstić information content (AvgIpc) is 2.55. The second kappa shape index (κ2) is 6.65. The molecular weight excluding hydrogens is 324 g/mol. The smallest absolute Gasteiger partial charge is 0.319 e. The van der Waals surface area contributed by atoms with Crippen LogP contribution in [0.5, 0.6) is 0 Å². The zero-order valence-corrected chi connectivity index (χ0v) is 14.3. The third-order valence-electron chi connectivity index (χ3n) is 4.22. The summed E-state index contributed by atoms with van der Waals surface area (Å²) >= 11 is 0. The third-order valence-corrected chi connectivity index (χ3v) is 5.34. The molecule has 3 rings (SSSR count). The first-order valence-electron chi connectivity index (χ1n) is 7.89. The summed E-state index contributed by atoms with van der Waals surface area (Å²) in [5.41, 5.74) is 3.02. The first-order chi connectivity index (χ1) is 11.4. The van der Waals surface area contributed by atoms with Crippen molar-refractivity contribution in [2.45, 2.75) is 30.2 Å². The summed E-state index contributed by atoms with van der Waals surface area (Å²) in [4.78, 5) is 12.5. The van der Waals surface area contributed by atoms with E-state index in [-0.39, 0.29) is 17.0 Å². The number of hydrogen-bond acceptors (Lipinski definition) is 3. The van der Waals surface area contributed by atoms with Crippen molar-refractivity contribution in [2.75, 3.05) is 11.6 Å². The third kappa shape index (κ3) is 3.76. The standard InChI is InChI=1S/C18H20N2O3S/c1-24(22,23)15-11-9-14(10-12-15)19-18(21)20-17-8-4-6-13-5-2-3-7-16(13)17/h2-3,5,7,9-12,17H,4,6,8H2,1H3,(H2,19,20,21)/t17-/m0/s1. The first-order valence-corrected chi connectivity index (χ1v) is 9.78. The van der Waals surface area contributed by atoms with Crippen LogP contribution in [0, 0.1) is 0 Å². The van der Waals surface area contributed by atoms with Crippen LogP contribution in [-0.4, -0.2) is 20.7 Å². The van der Waals surface area contributed by atoms with Gasteiger partial charge in [0.25, 0.3) is 0 Å². The molecule has 0 unspecified atom stereocenters. The van der Waals surface area contributed by atoms with Crippen LogP contribution in [0.25, 0.3) is 0 Å². The van der Waals surface area contributed by atoms with Crippen LogP contribution in [0.4, 0.5) is 10.5 Å². The van der Waals surface area contributed by atoms with Gasteiger partial charge in [0.2, 0.25) is 0 Å². The normalized spacial score (nSPS) is 17.0. The van der Waals surface area contributed by atoms with Gasteiger partial charge in [-0.1, -0.05) is 24.3 Å². The number of amides is 2. The zero-order chi connectivity index (χ0) is 17.2. The van der Waals surface area contributed by atoms with Gasteiger partial charge in [-0.15, -0.1) is 0 Å². The van der Waals surface area contributed by atoms with Gasteiger partial charge in [-0.05, 0) is 54.7 Å². The van der Waals surface area contributed by atoms with Crippen molar-refractivity contribution in [1.82, 2.24) is 5.32 Å². The van der Waals surface area contributed by atoms with E-state index in [4.69, 9.17) is 0 Å². The molecule has 0 heterocycles. The van der Waals surface area contributed by atoms with E-state index in [0.717, 1.165) is 25.5 Å². The van der Waals surface area contributed by atoms with Crippen molar-refractivity contribution in [1.29, 1.82) is 0 Å². The molecule has 1 aliphatic rings. The van der Waals surface area contributed by atoms with Crippen LogP contribution in [0.15, 0.2) is 53.4 Å². The molecule has 0 radical (unpaired) electrons. The van der Waals surface area contributed by atoms with Crippen molar-refractivity contribution in [3.63, 3.8) is 0 Å². The predicted octanol–water partition coefficient (Wildman–Crippen LogP) is 3.29. The molecule has 0 spiro atoms. The van der Waals surface area contributed by atoms with E-state index in [9.17, 15) is 13.2 Å². The lowest BCUT2D eigenvalue weighted by atomic mass is 9.88. The van der Waals surface area contributed by atoms with E-state index in [1.165, 1.54) is 23.3 Å². The highest BCUT2D eigenvalue weighted by Crippen LogP contribution is 2.29. The molecule has 0 fully saturated rings. The maximum atomic E-state index is 12.2. The molecule has 2 aromatic rings. The van der Waals surface area contributed by atoms with Crippen LogP contribution in [0.3, 0.4) is 0 Å². The van der Waals surface area contributed by atoms with E-state index in [1.807, 2.05) is 12.1 Å². The Kier molecular flexibility index (Phi) is 4.57. The van der Waals surface area contributed by atoms with Gasteiger partial charge in [0.1, 0.15) is 0 Å². The number of carbonyl (C=O) groups excluding carboxylic acids is 1. The topological polar surface area (TPSA) is 75.3 Å². The Morgan fingerprint density at radius 1 is 1.08 bits per heavy atom. The van der Waals surface area contributed by atoms with Crippen LogP contribution in [0.2, 0.25) is 0 Å². The largest absolute Gasteiger partial charge is 0.331 e. The van der Waals surface area contributed by atoms with Crippen LogP contribution >= 0.6 is 0 Å². The summed E-state index contributed by atoms with van der Waals surface area (Å²) in [6.45, 7) is 0. The van der Waals surface area contributed by atoms with Crippen molar-refractivity contribution in [3.8, 4) is 0 Å². The molecule has 2 amide bonds. The van der Waals surface area contributed by atoms with Crippen molar-refractivity contribution >= 4 is 21.6 Å². The molecule has 1 aliphatic carbocycles. The lowest BCUT2D eigenvalue weighted by molar-refractivity contribution is 0.247. The highest BCUT2D eigenvalue weighted by molar-refractivity contribution is 7.90. The summed E-state index contributed by atoms with van der Waals surface area (Å²) in [7, 11) is -3.23. The number of nitrogens with one attached hydrogen (secondary N) is 2. The molecule has 1 atom stereocenters. The number of rotatable bonds is 3. The van der Waals surface area contributed by atoms with Gasteiger partial charge in [0.15, 0.2) is 9.84 Å². The van der Waals surface area contributed by atoms with Gasteiger partial charge >= 0.3 is 6.03 Å². The van der Waals surface area contributed by atoms with Gasteiger partial charge in [-0.25, -0.2) is 13.2 Å². The van der Waals surface area contributed by atoms with Crippen LogP contribution in [-0.2, 0) is 16.3 Å². The number of fused-ring (bicyclic) bond motifs is 1. The summed E-state index contributed by atoms with van der Waals surface area (Å²) in [6.07, 6.45) is 4.16. The molecule has 2 N–H and O–H groups in total. The van der Waals surface area contributed by atoms with Crippen molar-refractivity contribution < 1.29 is 13.2 Å². The Balaban J connectivity index is 1.66. The Hall–Kier alpha value is -2.34. The predicted molar refractivity (Wildman–Crippen MR) is 93.8 cm³/mol. The van der Waals surface area contributed by atoms with Gasteiger partial charge in [0.05, 0.1) is 10.9 Å². The van der Waals surface area contributed by atoms with E-state index >= 15 is 0 Å². The number of hydrogen-bond donors (Lipinski definition) is 2. The molecular formula is C18H20N2O3S. The summed E-state index contributed by atoms with van der Waals surface area (Å²) in [5, 5.41) is 5.75. The fourth-order valence-electron chi connectivity index (χ4n) is 3.01. The van der Waals surface area contributed by atoms with E-state index < -0.39 is 9.84 Å². The Bertz CT molecular complexity index is 845. The second-order valence-electron chi connectivity index (χ2n) is 6.04. The number of benzene rings is 2. The highest BCUT2D eigenvalue weighted by atomic mass is 32.2. The molecule has 126 valence electrons. The van der Waals surface area contributed by atoms with Gasteiger partial charge in [0, 0.05) is 11.9 Å². The number of anilines is 1. The lowest BCUT2D eigenvalue weighted by Gasteiger charge is -2.26. The summed E-state index contributed by atoms with van der Waals surface area (Å²) < 4.78 is 22.9. The SMILES string of the molecule is CS(=O)(=O)c1ccc(NC(=O)N[C@H]2CCCc3ccccc32)cc1. The van der Waals surface area contributed by atoms with E-state index in [1.54, 1.807) is 12.1 Å².